The van der Waals surface area contributed by atoms with Gasteiger partial charge in [-0.1, -0.05) is 51.1 Å². The van der Waals surface area contributed by atoms with Crippen LogP contribution in [0, 0.1) is 17.0 Å². The van der Waals surface area contributed by atoms with E-state index in [1.165, 1.54) is 4.90 Å². The molecule has 3 aromatic rings. The van der Waals surface area contributed by atoms with Gasteiger partial charge in [-0.05, 0) is 41.7 Å². The number of nitrogens with two attached hydrogens (primary N) is 1. The maximum absolute atomic E-state index is 15.0. The Balaban J connectivity index is 1.43. The quantitative estimate of drug-likeness (QED) is 0.139. The number of hydrogen-bond donors (Lipinski definition) is 4. The van der Waals surface area contributed by atoms with E-state index in [9.17, 15) is 41.9 Å². The van der Waals surface area contributed by atoms with Crippen LogP contribution in [-0.4, -0.2) is 108 Å². The van der Waals surface area contributed by atoms with E-state index < -0.39 is 93.2 Å². The normalized spacial score (nSPS) is 14.2. The molecular formula is C38H46F2N6O8S. The van der Waals surface area contributed by atoms with Crippen molar-refractivity contribution >= 4 is 39.4 Å². The van der Waals surface area contributed by atoms with Crippen molar-refractivity contribution in [1.82, 2.24) is 25.0 Å². The Bertz CT molecular complexity index is 2010. The Kier molecular flexibility index (Phi) is 14.2. The van der Waals surface area contributed by atoms with Gasteiger partial charge < -0.3 is 30.9 Å². The fourth-order valence-electron chi connectivity index (χ4n) is 6.21. The molecule has 1 aliphatic heterocycles. The van der Waals surface area contributed by atoms with E-state index in [1.54, 1.807) is 12.3 Å². The standard InChI is InChI=1S/C38H46F2N6O8S/c1-38(2,3)36(31-19-26(28-20-27(39)9-10-29(28)40)22-44(31)21-25-7-5-4-6-8-25)45(35(51)24-47)16-13-30(41)37(52)43-15-18-55(53,54)17-14-42-32(48)23-46-33(49)11-12-34(46)50/h4-12,19-20,22,30,36,47H,13-18,21,23-24,41H2,1-3H3,(H,42,48)(H,43,52)/t30-,36?/m0/s1. The Morgan fingerprint density at radius 1 is 0.945 bits per heavy atom. The van der Waals surface area contributed by atoms with Crippen molar-refractivity contribution in [2.45, 2.75) is 45.8 Å². The molecule has 1 unspecified atom stereocenters. The first-order chi connectivity index (χ1) is 25.9. The number of halogens is 2. The van der Waals surface area contributed by atoms with Crippen molar-refractivity contribution in [1.29, 1.82) is 0 Å². The van der Waals surface area contributed by atoms with Crippen LogP contribution in [0.25, 0.3) is 11.1 Å². The van der Waals surface area contributed by atoms with Crippen LogP contribution in [0.3, 0.4) is 0 Å². The summed E-state index contributed by atoms with van der Waals surface area (Å²) in [5.41, 5.74) is 7.35. The average Bonchev–Trinajstić information content (AvgIpc) is 3.67. The van der Waals surface area contributed by atoms with Gasteiger partial charge in [-0.3, -0.25) is 28.9 Å². The van der Waals surface area contributed by atoms with Gasteiger partial charge in [-0.25, -0.2) is 17.2 Å². The molecule has 296 valence electrons. The zero-order chi connectivity index (χ0) is 40.5. The lowest BCUT2D eigenvalue weighted by Crippen LogP contribution is -2.48. The van der Waals surface area contributed by atoms with E-state index in [-0.39, 0.29) is 31.6 Å². The minimum absolute atomic E-state index is 0.0249. The summed E-state index contributed by atoms with van der Waals surface area (Å²) in [6.45, 7) is 3.87. The van der Waals surface area contributed by atoms with Gasteiger partial charge in [0.05, 0.1) is 23.6 Å². The van der Waals surface area contributed by atoms with Crippen molar-refractivity contribution < 1.29 is 46.3 Å². The molecule has 0 bridgehead atoms. The van der Waals surface area contributed by atoms with Crippen molar-refractivity contribution in [2.24, 2.45) is 11.1 Å². The van der Waals surface area contributed by atoms with Gasteiger partial charge in [0.2, 0.25) is 17.7 Å². The number of nitrogens with one attached hydrogen (secondary N) is 2. The molecule has 0 fully saturated rings. The Hall–Kier alpha value is -5.26. The largest absolute Gasteiger partial charge is 0.387 e. The first-order valence-corrected chi connectivity index (χ1v) is 19.4. The van der Waals surface area contributed by atoms with E-state index in [0.29, 0.717) is 22.7 Å². The molecule has 5 N–H and O–H groups in total. The number of imide groups is 1. The number of aromatic nitrogens is 1. The molecule has 17 heteroatoms. The second kappa shape index (κ2) is 18.4. The summed E-state index contributed by atoms with van der Waals surface area (Å²) >= 11 is 0. The van der Waals surface area contributed by atoms with E-state index in [1.807, 2.05) is 55.7 Å². The topological polar surface area (TPSA) is 201 Å². The van der Waals surface area contributed by atoms with Crippen LogP contribution in [0.1, 0.15) is 44.5 Å². The highest BCUT2D eigenvalue weighted by Gasteiger charge is 2.37. The van der Waals surface area contributed by atoms with Gasteiger partial charge in [0.15, 0.2) is 9.84 Å². The molecule has 1 aromatic heterocycles. The summed E-state index contributed by atoms with van der Waals surface area (Å²) in [6.07, 6.45) is 3.65. The molecule has 2 aromatic carbocycles. The molecule has 0 saturated heterocycles. The predicted molar refractivity (Wildman–Crippen MR) is 199 cm³/mol. The maximum atomic E-state index is 15.0. The molecule has 14 nitrogen and oxygen atoms in total. The maximum Gasteiger partial charge on any atom is 0.254 e. The van der Waals surface area contributed by atoms with Gasteiger partial charge >= 0.3 is 0 Å². The Morgan fingerprint density at radius 2 is 1.58 bits per heavy atom. The highest BCUT2D eigenvalue weighted by atomic mass is 32.2. The lowest BCUT2D eigenvalue weighted by molar-refractivity contribution is -0.141. The fraction of sp³-hybridized carbons (Fsp3) is 0.395. The molecule has 55 heavy (non-hydrogen) atoms. The van der Waals surface area contributed by atoms with E-state index in [0.717, 1.165) is 35.9 Å². The van der Waals surface area contributed by atoms with Crippen LogP contribution in [0.4, 0.5) is 8.78 Å². The fourth-order valence-corrected chi connectivity index (χ4v) is 7.24. The number of nitrogens with zero attached hydrogens (tertiary/aromatic N) is 3. The molecule has 5 amide bonds. The van der Waals surface area contributed by atoms with Crippen LogP contribution in [-0.2, 0) is 40.4 Å². The number of aliphatic hydroxyl groups excluding tert-OH is 1. The highest BCUT2D eigenvalue weighted by Crippen LogP contribution is 2.41. The number of aliphatic hydroxyl groups is 1. The monoisotopic (exact) mass is 784 g/mol. The predicted octanol–water partition coefficient (Wildman–Crippen LogP) is 1.68. The number of amides is 5. The van der Waals surface area contributed by atoms with Crippen LogP contribution >= 0.6 is 0 Å². The van der Waals surface area contributed by atoms with E-state index >= 15 is 4.39 Å². The number of carbonyl (C=O) groups is 5. The minimum Gasteiger partial charge on any atom is -0.387 e. The van der Waals surface area contributed by atoms with E-state index in [4.69, 9.17) is 5.73 Å². The summed E-state index contributed by atoms with van der Waals surface area (Å²) < 4.78 is 56.2. The Morgan fingerprint density at radius 3 is 2.20 bits per heavy atom. The second-order valence-electron chi connectivity index (χ2n) is 14.2. The molecule has 0 aliphatic carbocycles. The van der Waals surface area contributed by atoms with E-state index in [2.05, 4.69) is 10.6 Å². The highest BCUT2D eigenvalue weighted by molar-refractivity contribution is 7.91. The zero-order valence-electron chi connectivity index (χ0n) is 30.8. The number of hydrogen-bond acceptors (Lipinski definition) is 9. The molecule has 0 saturated carbocycles. The van der Waals surface area contributed by atoms with Gasteiger partial charge in [0.25, 0.3) is 11.8 Å². The third-order valence-electron chi connectivity index (χ3n) is 8.90. The molecule has 0 radical (unpaired) electrons. The lowest BCUT2D eigenvalue weighted by Gasteiger charge is -2.41. The summed E-state index contributed by atoms with van der Waals surface area (Å²) in [4.78, 5) is 63.7. The smallest absolute Gasteiger partial charge is 0.254 e. The summed E-state index contributed by atoms with van der Waals surface area (Å²) in [7, 11) is -3.75. The van der Waals surface area contributed by atoms with Crippen LogP contribution in [0.2, 0.25) is 0 Å². The van der Waals surface area contributed by atoms with Crippen molar-refractivity contribution in [2.75, 3.05) is 44.3 Å². The second-order valence-corrected chi connectivity index (χ2v) is 16.5. The average molecular weight is 785 g/mol. The first-order valence-electron chi connectivity index (χ1n) is 17.5. The summed E-state index contributed by atoms with van der Waals surface area (Å²) in [6, 6.07) is 12.3. The van der Waals surface area contributed by atoms with Gasteiger partial charge in [0.1, 0.15) is 24.8 Å². The van der Waals surface area contributed by atoms with Crippen molar-refractivity contribution in [3.63, 3.8) is 0 Å². The number of carbonyl (C=O) groups excluding carboxylic acids is 5. The lowest BCUT2D eigenvalue weighted by atomic mass is 9.82. The van der Waals surface area contributed by atoms with Gasteiger partial charge in [-0.15, -0.1) is 0 Å². The summed E-state index contributed by atoms with van der Waals surface area (Å²) in [5, 5.41) is 14.9. The summed E-state index contributed by atoms with van der Waals surface area (Å²) in [5.74, 6) is -5.55. The third-order valence-corrected chi connectivity index (χ3v) is 10.6. The molecule has 1 aliphatic rings. The van der Waals surface area contributed by atoms with Crippen molar-refractivity contribution in [3.8, 4) is 11.1 Å². The van der Waals surface area contributed by atoms with Crippen molar-refractivity contribution in [3.05, 3.63) is 95.8 Å². The molecule has 0 spiro atoms. The third kappa shape index (κ3) is 11.6. The number of benzene rings is 2. The van der Waals surface area contributed by atoms with Crippen LogP contribution < -0.4 is 16.4 Å². The molecule has 2 atom stereocenters. The van der Waals surface area contributed by atoms with Gasteiger partial charge in [0, 0.05) is 61.3 Å². The molecule has 2 heterocycles. The molecular weight excluding hydrogens is 739 g/mol. The zero-order valence-corrected chi connectivity index (χ0v) is 31.7. The Labute approximate surface area is 318 Å². The minimum atomic E-state index is -3.75. The van der Waals surface area contributed by atoms with Crippen LogP contribution in [0.15, 0.2) is 72.9 Å². The first kappa shape index (κ1) is 42.5. The van der Waals surface area contributed by atoms with Crippen LogP contribution in [0.5, 0.6) is 0 Å². The molecule has 4 rings (SSSR count). The number of sulfone groups is 1. The van der Waals surface area contributed by atoms with Gasteiger partial charge in [-0.2, -0.15) is 0 Å². The number of rotatable bonds is 18. The SMILES string of the molecule is CC(C)(C)C(c1cc(-c2cc(F)ccc2F)cn1Cc1ccccc1)N(CC[C@H](N)C(=O)NCCS(=O)(=O)CCNC(=O)CN1C(=O)C=CC1=O)C(=O)CO.